The average Bonchev–Trinajstić information content (AvgIpc) is 2.24. The molecular weight excluding hydrogens is 400 g/mol. The van der Waals surface area contributed by atoms with Crippen molar-refractivity contribution in [3.63, 3.8) is 0 Å². The molecule has 0 heterocycles. The van der Waals surface area contributed by atoms with Gasteiger partial charge in [0.15, 0.2) is 0 Å². The van der Waals surface area contributed by atoms with Crippen molar-refractivity contribution in [1.29, 1.82) is 0 Å². The van der Waals surface area contributed by atoms with Gasteiger partial charge in [0.05, 0.1) is 0 Å². The van der Waals surface area contributed by atoms with Crippen LogP contribution in [-0.2, 0) is 0 Å². The largest absolute Gasteiger partial charge is 0.460 e. The topological polar surface area (TPSA) is 0 Å². The van der Waals surface area contributed by atoms with Crippen LogP contribution in [0.2, 0.25) is 0 Å². The molecule has 0 saturated carbocycles. The molecule has 0 fully saturated rings. The van der Waals surface area contributed by atoms with Gasteiger partial charge in [0.2, 0.25) is 0 Å². The molecule has 0 bridgehead atoms. The third kappa shape index (κ3) is 2.82. The zero-order valence-corrected chi connectivity index (χ0v) is 10.5. The highest BCUT2D eigenvalue weighted by atomic mass is 31.0. The fourth-order valence-electron chi connectivity index (χ4n) is 0.958. The summed E-state index contributed by atoms with van der Waals surface area (Å²) in [6, 6.07) is 0. The number of hydrogen-bond acceptors (Lipinski definition) is 0. The first-order valence-electron chi connectivity index (χ1n) is 4.56. The lowest BCUT2D eigenvalue weighted by Gasteiger charge is -2.40. The van der Waals surface area contributed by atoms with Gasteiger partial charge in [0, 0.05) is 9.24 Å². The maximum Gasteiger partial charge on any atom is 0.460 e. The van der Waals surface area contributed by atoms with Crippen LogP contribution >= 0.6 is 9.24 Å². The average molecular weight is 400 g/mol. The van der Waals surface area contributed by atoms with Gasteiger partial charge in [-0.05, 0) is 0 Å². The first-order valence-corrected chi connectivity index (χ1v) is 5.01. The molecule has 0 aromatic heterocycles. The van der Waals surface area contributed by atoms with Gasteiger partial charge in [-0.3, -0.25) is 0 Å². The smallest absolute Gasteiger partial charge is 0.194 e. The summed E-state index contributed by atoms with van der Waals surface area (Å²) in [5.41, 5.74) is -6.47. The second-order valence-corrected chi connectivity index (χ2v) is 4.47. The number of hydrogen-bond donors (Lipinski definition) is 0. The molecule has 0 aliphatic carbocycles. The Morgan fingerprint density at radius 2 is 0.565 bits per heavy atom. The quantitative estimate of drug-likeness (QED) is 0.409. The predicted molar refractivity (Wildman–Crippen MR) is 42.7 cm³/mol. The van der Waals surface area contributed by atoms with E-state index in [1.165, 1.54) is 9.24 Å². The predicted octanol–water partition coefficient (Wildman–Crippen LogP) is 5.73. The Balaban J connectivity index is 6.37. The summed E-state index contributed by atoms with van der Waals surface area (Å²) >= 11 is 0. The zero-order chi connectivity index (χ0) is 19.5. The third-order valence-electron chi connectivity index (χ3n) is 2.31. The van der Waals surface area contributed by atoms with Gasteiger partial charge in [-0.15, -0.1) is 0 Å². The van der Waals surface area contributed by atoms with Crippen molar-refractivity contribution in [3.8, 4) is 0 Å². The number of alkyl halides is 15. The summed E-state index contributed by atoms with van der Waals surface area (Å²) in [6.07, 6.45) is -7.59. The van der Waals surface area contributed by atoms with E-state index in [9.17, 15) is 65.9 Å². The molecule has 23 heavy (non-hydrogen) atoms. The van der Waals surface area contributed by atoms with Crippen molar-refractivity contribution < 1.29 is 65.9 Å². The maximum atomic E-state index is 12.7. The molecule has 0 aliphatic heterocycles. The molecule has 0 aromatic rings. The first kappa shape index (κ1) is 22.4. The Labute approximate surface area is 118 Å². The first-order chi connectivity index (χ1) is 9.50. The summed E-state index contributed by atoms with van der Waals surface area (Å²) in [7, 11) is 1.43. The van der Waals surface area contributed by atoms with E-state index in [2.05, 4.69) is 0 Å². The molecule has 0 aromatic carbocycles. The standard InChI is InChI=1S/C7F15P/c8-1(9,2(10,11)4(14,15)6(18,19)20)3(12,13)5(16,17)7(21,22)23. The van der Waals surface area contributed by atoms with Gasteiger partial charge < -0.3 is 0 Å². The summed E-state index contributed by atoms with van der Waals surface area (Å²) in [5.74, 6) is -39.9. The van der Waals surface area contributed by atoms with E-state index < -0.39 is 41.5 Å². The van der Waals surface area contributed by atoms with Gasteiger partial charge in [-0.1, -0.05) is 0 Å². The lowest BCUT2D eigenvalue weighted by molar-refractivity contribution is -0.447. The van der Waals surface area contributed by atoms with Crippen LogP contribution in [0.15, 0.2) is 0 Å². The molecule has 0 saturated heterocycles. The van der Waals surface area contributed by atoms with Gasteiger partial charge in [0.25, 0.3) is 0 Å². The third-order valence-corrected chi connectivity index (χ3v) is 2.59. The van der Waals surface area contributed by atoms with E-state index in [0.717, 1.165) is 0 Å². The van der Waals surface area contributed by atoms with E-state index in [-0.39, 0.29) is 0 Å². The molecular formula is C7F15P. The molecule has 0 spiro atoms. The van der Waals surface area contributed by atoms with Gasteiger partial charge in [-0.2, -0.15) is 65.9 Å². The summed E-state index contributed by atoms with van der Waals surface area (Å²) < 4.78 is 185. The molecule has 0 amide bonds. The fraction of sp³-hybridized carbons (Fsp3) is 1.00. The molecule has 0 N–H and O–H groups in total. The van der Waals surface area contributed by atoms with Crippen LogP contribution in [0.5, 0.6) is 0 Å². The fourth-order valence-corrected chi connectivity index (χ4v) is 1.10. The zero-order valence-electron chi connectivity index (χ0n) is 9.62. The monoisotopic (exact) mass is 400 g/mol. The van der Waals surface area contributed by atoms with Gasteiger partial charge in [-0.25, -0.2) is 0 Å². The van der Waals surface area contributed by atoms with Crippen molar-refractivity contribution >= 4 is 9.24 Å². The van der Waals surface area contributed by atoms with Crippen LogP contribution < -0.4 is 0 Å². The van der Waals surface area contributed by atoms with E-state index in [1.54, 1.807) is 0 Å². The Hall–Kier alpha value is -0.620. The summed E-state index contributed by atoms with van der Waals surface area (Å²) in [6.45, 7) is 0. The lowest BCUT2D eigenvalue weighted by Crippen LogP contribution is -2.72. The van der Waals surface area contributed by atoms with Crippen LogP contribution in [0.25, 0.3) is 0 Å². The number of halogens is 15. The Morgan fingerprint density at radius 3 is 0.783 bits per heavy atom. The molecule has 0 aliphatic rings. The molecule has 2 radical (unpaired) electrons. The molecule has 0 nitrogen and oxygen atoms in total. The van der Waals surface area contributed by atoms with Crippen LogP contribution in [0.4, 0.5) is 65.9 Å². The maximum absolute atomic E-state index is 12.7. The SMILES string of the molecule is FC(F)(F)C(F)(F)C(F)(F)C(F)(F)C(F)(F)C(F)(F)C(F)(F)[P]. The van der Waals surface area contributed by atoms with Crippen LogP contribution in [0, 0.1) is 0 Å². The van der Waals surface area contributed by atoms with Gasteiger partial charge in [0.1, 0.15) is 0 Å². The van der Waals surface area contributed by atoms with Crippen LogP contribution in [0.3, 0.4) is 0 Å². The van der Waals surface area contributed by atoms with Crippen LogP contribution in [-0.4, -0.2) is 41.5 Å². The minimum Gasteiger partial charge on any atom is -0.194 e. The highest BCUT2D eigenvalue weighted by molar-refractivity contribution is 7.18. The summed E-state index contributed by atoms with van der Waals surface area (Å²) in [5, 5.41) is 0. The molecule has 0 atom stereocenters. The van der Waals surface area contributed by atoms with Crippen molar-refractivity contribution in [2.75, 3.05) is 0 Å². The van der Waals surface area contributed by atoms with Gasteiger partial charge >= 0.3 is 41.5 Å². The van der Waals surface area contributed by atoms with E-state index >= 15 is 0 Å². The Morgan fingerprint density at radius 1 is 0.348 bits per heavy atom. The normalized spacial score (nSPS) is 16.7. The van der Waals surface area contributed by atoms with Crippen LogP contribution in [0.1, 0.15) is 0 Å². The van der Waals surface area contributed by atoms with Crippen molar-refractivity contribution in [3.05, 3.63) is 0 Å². The van der Waals surface area contributed by atoms with E-state index in [1.807, 2.05) is 0 Å². The molecule has 0 unspecified atom stereocenters. The molecule has 0 rings (SSSR count). The highest BCUT2D eigenvalue weighted by Crippen LogP contribution is 2.62. The number of rotatable bonds is 5. The highest BCUT2D eigenvalue weighted by Gasteiger charge is 2.93. The second-order valence-electron chi connectivity index (χ2n) is 3.91. The minimum absolute atomic E-state index is 1.43. The molecule has 16 heteroatoms. The summed E-state index contributed by atoms with van der Waals surface area (Å²) in [4.78, 5) is 0. The minimum atomic E-state index is -8.24. The lowest BCUT2D eigenvalue weighted by atomic mass is 9.94. The van der Waals surface area contributed by atoms with Crippen molar-refractivity contribution in [2.45, 2.75) is 41.5 Å². The molecule has 138 valence electrons. The Bertz CT molecular complexity index is 400. The second kappa shape index (κ2) is 5.19. The van der Waals surface area contributed by atoms with E-state index in [4.69, 9.17) is 0 Å². The van der Waals surface area contributed by atoms with E-state index in [0.29, 0.717) is 0 Å². The van der Waals surface area contributed by atoms with Crippen molar-refractivity contribution in [2.24, 2.45) is 0 Å². The Kier molecular flexibility index (Phi) is 5.05. The van der Waals surface area contributed by atoms with Crippen molar-refractivity contribution in [1.82, 2.24) is 0 Å².